The molecular formula is C17H28N2. The van der Waals surface area contributed by atoms with E-state index in [2.05, 4.69) is 74.8 Å². The van der Waals surface area contributed by atoms with Crippen molar-refractivity contribution >= 4 is 0 Å². The Morgan fingerprint density at radius 2 is 1.53 bits per heavy atom. The second kappa shape index (κ2) is 5.64. The summed E-state index contributed by atoms with van der Waals surface area (Å²) in [5.41, 5.74) is 1.68. The molecule has 0 saturated carbocycles. The second-order valence-electron chi connectivity index (χ2n) is 6.96. The van der Waals surface area contributed by atoms with Crippen molar-refractivity contribution in [1.29, 1.82) is 0 Å². The van der Waals surface area contributed by atoms with Crippen molar-refractivity contribution in [2.75, 3.05) is 13.1 Å². The number of nitrogens with zero attached hydrogens (tertiary/aromatic N) is 2. The van der Waals surface area contributed by atoms with E-state index in [-0.39, 0.29) is 5.54 Å². The lowest BCUT2D eigenvalue weighted by molar-refractivity contribution is -0.0249. The van der Waals surface area contributed by atoms with Crippen molar-refractivity contribution < 1.29 is 0 Å². The molecule has 0 aromatic heterocycles. The molecule has 1 heterocycles. The van der Waals surface area contributed by atoms with E-state index in [0.717, 1.165) is 19.6 Å². The third kappa shape index (κ3) is 3.58. The summed E-state index contributed by atoms with van der Waals surface area (Å²) < 4.78 is 0. The lowest BCUT2D eigenvalue weighted by Gasteiger charge is -2.51. The largest absolute Gasteiger partial charge is 0.296 e. The van der Waals surface area contributed by atoms with Crippen LogP contribution in [0.5, 0.6) is 0 Å². The minimum Gasteiger partial charge on any atom is -0.296 e. The molecule has 1 aliphatic rings. The minimum absolute atomic E-state index is 0.262. The van der Waals surface area contributed by atoms with Crippen molar-refractivity contribution in [3.05, 3.63) is 35.9 Å². The summed E-state index contributed by atoms with van der Waals surface area (Å²) in [6, 6.07) is 12.0. The summed E-state index contributed by atoms with van der Waals surface area (Å²) in [5, 5.41) is 0. The molecule has 0 amide bonds. The summed E-state index contributed by atoms with van der Waals surface area (Å²) in [6.45, 7) is 15.1. The van der Waals surface area contributed by atoms with Gasteiger partial charge in [0, 0.05) is 37.3 Å². The van der Waals surface area contributed by atoms with Gasteiger partial charge in [-0.05, 0) is 40.2 Å². The lowest BCUT2D eigenvalue weighted by atomic mass is 9.96. The molecule has 0 spiro atoms. The summed E-state index contributed by atoms with van der Waals surface area (Å²) >= 11 is 0. The van der Waals surface area contributed by atoms with Gasteiger partial charge in [0.25, 0.3) is 0 Å². The highest BCUT2D eigenvalue weighted by atomic mass is 15.3. The van der Waals surface area contributed by atoms with Crippen molar-refractivity contribution in [3.8, 4) is 0 Å². The fourth-order valence-corrected chi connectivity index (χ4v) is 3.73. The van der Waals surface area contributed by atoms with Crippen LogP contribution in [-0.4, -0.2) is 40.5 Å². The van der Waals surface area contributed by atoms with Gasteiger partial charge in [-0.3, -0.25) is 9.80 Å². The van der Waals surface area contributed by atoms with E-state index < -0.39 is 0 Å². The standard InChI is InChI=1S/C17H28N2/c1-14-11-18(13-16-9-7-6-8-10-16)12-15(2)19(14)17(3,4)5/h6-10,14-15H,11-13H2,1-5H3/t14-,15+. The quantitative estimate of drug-likeness (QED) is 0.804. The molecule has 0 aliphatic carbocycles. The highest BCUT2D eigenvalue weighted by molar-refractivity contribution is 5.14. The first-order valence-electron chi connectivity index (χ1n) is 7.42. The molecule has 2 heteroatoms. The smallest absolute Gasteiger partial charge is 0.0235 e. The monoisotopic (exact) mass is 260 g/mol. The molecule has 1 aromatic rings. The van der Waals surface area contributed by atoms with E-state index >= 15 is 0 Å². The molecule has 2 rings (SSSR count). The highest BCUT2D eigenvalue weighted by Gasteiger charge is 2.35. The first-order valence-corrected chi connectivity index (χ1v) is 7.42. The molecule has 0 bridgehead atoms. The minimum atomic E-state index is 0.262. The fraction of sp³-hybridized carbons (Fsp3) is 0.647. The molecule has 0 unspecified atom stereocenters. The van der Waals surface area contributed by atoms with Crippen LogP contribution in [0.1, 0.15) is 40.2 Å². The van der Waals surface area contributed by atoms with Gasteiger partial charge in [-0.15, -0.1) is 0 Å². The summed E-state index contributed by atoms with van der Waals surface area (Å²) in [5.74, 6) is 0. The van der Waals surface area contributed by atoms with Gasteiger partial charge in [0.05, 0.1) is 0 Å². The van der Waals surface area contributed by atoms with Gasteiger partial charge in [0.1, 0.15) is 0 Å². The molecular weight excluding hydrogens is 232 g/mol. The van der Waals surface area contributed by atoms with Crippen LogP contribution in [0, 0.1) is 0 Å². The van der Waals surface area contributed by atoms with Crippen molar-refractivity contribution in [1.82, 2.24) is 9.80 Å². The average molecular weight is 260 g/mol. The van der Waals surface area contributed by atoms with Crippen molar-refractivity contribution in [2.24, 2.45) is 0 Å². The molecule has 2 nitrogen and oxygen atoms in total. The molecule has 0 N–H and O–H groups in total. The zero-order valence-electron chi connectivity index (χ0n) is 13.1. The number of rotatable bonds is 2. The van der Waals surface area contributed by atoms with Gasteiger partial charge in [0.2, 0.25) is 0 Å². The maximum absolute atomic E-state index is 2.66. The van der Waals surface area contributed by atoms with Crippen LogP contribution in [-0.2, 0) is 6.54 Å². The van der Waals surface area contributed by atoms with E-state index in [1.165, 1.54) is 5.56 Å². The molecule has 1 aromatic carbocycles. The Hall–Kier alpha value is -0.860. The molecule has 2 atom stereocenters. The van der Waals surface area contributed by atoms with Crippen LogP contribution >= 0.6 is 0 Å². The topological polar surface area (TPSA) is 6.48 Å². The van der Waals surface area contributed by atoms with E-state index in [9.17, 15) is 0 Å². The van der Waals surface area contributed by atoms with Crippen LogP contribution in [0.2, 0.25) is 0 Å². The Kier molecular flexibility index (Phi) is 4.32. The third-order valence-corrected chi connectivity index (χ3v) is 4.02. The van der Waals surface area contributed by atoms with Gasteiger partial charge in [-0.25, -0.2) is 0 Å². The number of hydrogen-bond acceptors (Lipinski definition) is 2. The van der Waals surface area contributed by atoms with Crippen LogP contribution in [0.4, 0.5) is 0 Å². The Labute approximate surface area is 118 Å². The predicted molar refractivity (Wildman–Crippen MR) is 82.2 cm³/mol. The van der Waals surface area contributed by atoms with Gasteiger partial charge < -0.3 is 0 Å². The average Bonchev–Trinajstić information content (AvgIpc) is 2.27. The Balaban J connectivity index is 2.02. The molecule has 19 heavy (non-hydrogen) atoms. The highest BCUT2D eigenvalue weighted by Crippen LogP contribution is 2.26. The first kappa shape index (κ1) is 14.5. The van der Waals surface area contributed by atoms with E-state index in [1.54, 1.807) is 0 Å². The van der Waals surface area contributed by atoms with Crippen LogP contribution in [0.3, 0.4) is 0 Å². The zero-order valence-corrected chi connectivity index (χ0v) is 13.1. The third-order valence-electron chi connectivity index (χ3n) is 4.02. The van der Waals surface area contributed by atoms with Gasteiger partial charge in [-0.2, -0.15) is 0 Å². The SMILES string of the molecule is C[C@@H]1CN(Cc2ccccc2)C[C@H](C)N1C(C)(C)C. The molecule has 1 aliphatic heterocycles. The fourth-order valence-electron chi connectivity index (χ4n) is 3.73. The Bertz CT molecular complexity index is 381. The number of benzene rings is 1. The summed E-state index contributed by atoms with van der Waals surface area (Å²) in [6.07, 6.45) is 0. The van der Waals surface area contributed by atoms with E-state index in [1.807, 2.05) is 0 Å². The first-order chi connectivity index (χ1) is 8.88. The second-order valence-corrected chi connectivity index (χ2v) is 6.96. The molecule has 1 fully saturated rings. The van der Waals surface area contributed by atoms with Gasteiger partial charge >= 0.3 is 0 Å². The van der Waals surface area contributed by atoms with Crippen molar-refractivity contribution in [3.63, 3.8) is 0 Å². The Morgan fingerprint density at radius 3 is 2.00 bits per heavy atom. The van der Waals surface area contributed by atoms with Gasteiger partial charge in [-0.1, -0.05) is 30.3 Å². The predicted octanol–water partition coefficient (Wildman–Crippen LogP) is 3.38. The van der Waals surface area contributed by atoms with E-state index in [4.69, 9.17) is 0 Å². The normalized spacial score (nSPS) is 26.6. The van der Waals surface area contributed by atoms with Crippen LogP contribution < -0.4 is 0 Å². The molecule has 1 saturated heterocycles. The Morgan fingerprint density at radius 1 is 1.00 bits per heavy atom. The van der Waals surface area contributed by atoms with E-state index in [0.29, 0.717) is 12.1 Å². The summed E-state index contributed by atoms with van der Waals surface area (Å²) in [7, 11) is 0. The maximum atomic E-state index is 2.66. The van der Waals surface area contributed by atoms with Crippen molar-refractivity contribution in [2.45, 2.75) is 58.8 Å². The van der Waals surface area contributed by atoms with Crippen LogP contribution in [0.15, 0.2) is 30.3 Å². The summed E-state index contributed by atoms with van der Waals surface area (Å²) in [4.78, 5) is 5.25. The lowest BCUT2D eigenvalue weighted by Crippen LogP contribution is -2.62. The molecule has 0 radical (unpaired) electrons. The zero-order chi connectivity index (χ0) is 14.0. The maximum Gasteiger partial charge on any atom is 0.0235 e. The number of piperazine rings is 1. The van der Waals surface area contributed by atoms with Gasteiger partial charge in [0.15, 0.2) is 0 Å². The van der Waals surface area contributed by atoms with Crippen LogP contribution in [0.25, 0.3) is 0 Å². The molecule has 106 valence electrons. The number of hydrogen-bond donors (Lipinski definition) is 0.